The molecule has 0 unspecified atom stereocenters. The molecule has 1 amide bonds. The average Bonchev–Trinajstić information content (AvgIpc) is 3.01. The third-order valence-corrected chi connectivity index (χ3v) is 3.10. The van der Waals surface area contributed by atoms with Gasteiger partial charge < -0.3 is 11.1 Å². The van der Waals surface area contributed by atoms with E-state index in [1.165, 1.54) is 12.1 Å². The number of alkyl halides is 3. The van der Waals surface area contributed by atoms with Crippen molar-refractivity contribution in [1.82, 2.24) is 5.32 Å². The number of rotatable bonds is 2. The smallest absolute Gasteiger partial charge is 0.398 e. The molecule has 3 nitrogen and oxygen atoms in total. The second kappa shape index (κ2) is 3.90. The Morgan fingerprint density at radius 2 is 2.00 bits per heavy atom. The van der Waals surface area contributed by atoms with Crippen LogP contribution in [0.25, 0.3) is 0 Å². The summed E-state index contributed by atoms with van der Waals surface area (Å²) in [7, 11) is 0. The van der Waals surface area contributed by atoms with Crippen molar-refractivity contribution in [1.29, 1.82) is 0 Å². The van der Waals surface area contributed by atoms with E-state index in [0.717, 1.165) is 5.56 Å². The minimum absolute atomic E-state index is 0.0754. The monoisotopic (exact) mass is 258 g/mol. The van der Waals surface area contributed by atoms with Gasteiger partial charge in [-0.2, -0.15) is 13.2 Å². The van der Waals surface area contributed by atoms with Crippen LogP contribution in [0.1, 0.15) is 28.8 Å². The average molecular weight is 258 g/mol. The molecule has 2 rings (SSSR count). The quantitative estimate of drug-likeness (QED) is 0.800. The van der Waals surface area contributed by atoms with Crippen molar-refractivity contribution in [2.24, 2.45) is 0 Å². The number of nitrogen functional groups attached to an aromatic ring is 1. The molecule has 1 aliphatic carbocycles. The van der Waals surface area contributed by atoms with Crippen molar-refractivity contribution in [3.05, 3.63) is 29.3 Å². The number of benzene rings is 1. The van der Waals surface area contributed by atoms with E-state index in [2.05, 4.69) is 0 Å². The van der Waals surface area contributed by atoms with Crippen LogP contribution in [0.4, 0.5) is 18.9 Å². The predicted molar refractivity (Wildman–Crippen MR) is 61.1 cm³/mol. The second-order valence-corrected chi connectivity index (χ2v) is 4.62. The molecule has 0 atom stereocenters. The molecule has 3 N–H and O–H groups in total. The highest BCUT2D eigenvalue weighted by molar-refractivity contribution is 6.00. The number of nitrogens with two attached hydrogens (primary N) is 1. The molecule has 98 valence electrons. The number of halogens is 3. The zero-order valence-electron chi connectivity index (χ0n) is 9.77. The first-order chi connectivity index (χ1) is 8.25. The van der Waals surface area contributed by atoms with E-state index in [-0.39, 0.29) is 24.1 Å². The van der Waals surface area contributed by atoms with Gasteiger partial charge in [-0.1, -0.05) is 11.6 Å². The molecule has 1 aromatic rings. The molecule has 6 heteroatoms. The Hall–Kier alpha value is -1.72. The summed E-state index contributed by atoms with van der Waals surface area (Å²) in [6.45, 7) is 1.74. The van der Waals surface area contributed by atoms with Gasteiger partial charge in [0.05, 0.1) is 5.56 Å². The molecule has 0 bridgehead atoms. The number of hydrogen-bond acceptors (Lipinski definition) is 2. The molecular weight excluding hydrogens is 245 g/mol. The lowest BCUT2D eigenvalue weighted by Crippen LogP contribution is -2.48. The van der Waals surface area contributed by atoms with Gasteiger partial charge in [-0.15, -0.1) is 0 Å². The van der Waals surface area contributed by atoms with E-state index in [0.29, 0.717) is 0 Å². The van der Waals surface area contributed by atoms with Gasteiger partial charge in [-0.3, -0.25) is 4.79 Å². The zero-order chi connectivity index (χ0) is 13.6. The highest BCUT2D eigenvalue weighted by atomic mass is 19.4. The van der Waals surface area contributed by atoms with E-state index < -0.39 is 17.6 Å². The third kappa shape index (κ3) is 2.14. The standard InChI is InChI=1S/C12H13F3N2O/c1-7-2-3-9(16)8(6-7)10(18)17-11(4-5-11)12(13,14)15/h2-3,6H,4-5,16H2,1H3,(H,17,18). The Morgan fingerprint density at radius 1 is 1.39 bits per heavy atom. The van der Waals surface area contributed by atoms with Gasteiger partial charge in [0.15, 0.2) is 0 Å². The van der Waals surface area contributed by atoms with Gasteiger partial charge >= 0.3 is 6.18 Å². The van der Waals surface area contributed by atoms with E-state index in [1.807, 2.05) is 5.32 Å². The molecular formula is C12H13F3N2O. The Morgan fingerprint density at radius 3 is 2.50 bits per heavy atom. The summed E-state index contributed by atoms with van der Waals surface area (Å²) in [5.41, 5.74) is 4.58. The lowest BCUT2D eigenvalue weighted by Gasteiger charge is -2.21. The Balaban J connectivity index is 2.21. The summed E-state index contributed by atoms with van der Waals surface area (Å²) in [5.74, 6) is -0.772. The maximum Gasteiger partial charge on any atom is 0.411 e. The molecule has 0 radical (unpaired) electrons. The summed E-state index contributed by atoms with van der Waals surface area (Å²) in [6, 6.07) is 4.69. The minimum atomic E-state index is -4.42. The molecule has 0 aromatic heterocycles. The molecule has 1 fully saturated rings. The topological polar surface area (TPSA) is 55.1 Å². The maximum atomic E-state index is 12.7. The number of amides is 1. The summed E-state index contributed by atoms with van der Waals surface area (Å²) < 4.78 is 38.1. The van der Waals surface area contributed by atoms with Gasteiger partial charge in [0.2, 0.25) is 0 Å². The zero-order valence-corrected chi connectivity index (χ0v) is 9.77. The SMILES string of the molecule is Cc1ccc(N)c(C(=O)NC2(C(F)(F)F)CC2)c1. The molecule has 0 aliphatic heterocycles. The lowest BCUT2D eigenvalue weighted by molar-refractivity contribution is -0.163. The molecule has 1 aliphatic rings. The Kier molecular flexibility index (Phi) is 2.76. The lowest BCUT2D eigenvalue weighted by atomic mass is 10.1. The largest absolute Gasteiger partial charge is 0.411 e. The third-order valence-electron chi connectivity index (χ3n) is 3.10. The van der Waals surface area contributed by atoms with Crippen molar-refractivity contribution in [2.75, 3.05) is 5.73 Å². The van der Waals surface area contributed by atoms with Crippen LogP contribution >= 0.6 is 0 Å². The van der Waals surface area contributed by atoms with Crippen molar-refractivity contribution < 1.29 is 18.0 Å². The normalized spacial score (nSPS) is 17.3. The Labute approximate surface area is 102 Å². The fraction of sp³-hybridized carbons (Fsp3) is 0.417. The first-order valence-corrected chi connectivity index (χ1v) is 5.50. The number of anilines is 1. The fourth-order valence-electron chi connectivity index (χ4n) is 1.76. The van der Waals surface area contributed by atoms with E-state index in [1.54, 1.807) is 13.0 Å². The Bertz CT molecular complexity index is 493. The number of carbonyl (C=O) groups is 1. The van der Waals surface area contributed by atoms with Gasteiger partial charge in [0, 0.05) is 5.69 Å². The second-order valence-electron chi connectivity index (χ2n) is 4.62. The van der Waals surface area contributed by atoms with E-state index in [4.69, 9.17) is 5.73 Å². The van der Waals surface area contributed by atoms with Gasteiger partial charge in [-0.25, -0.2) is 0 Å². The fourth-order valence-corrected chi connectivity index (χ4v) is 1.76. The summed E-state index contributed by atoms with van der Waals surface area (Å²) in [6.07, 6.45) is -4.57. The van der Waals surface area contributed by atoms with Gasteiger partial charge in [0.25, 0.3) is 5.91 Å². The van der Waals surface area contributed by atoms with Crippen molar-refractivity contribution >= 4 is 11.6 Å². The van der Waals surface area contributed by atoms with Crippen LogP contribution in [-0.2, 0) is 0 Å². The molecule has 0 spiro atoms. The van der Waals surface area contributed by atoms with Crippen LogP contribution in [0, 0.1) is 6.92 Å². The van der Waals surface area contributed by atoms with Crippen LogP contribution in [-0.4, -0.2) is 17.6 Å². The van der Waals surface area contributed by atoms with Crippen molar-refractivity contribution in [3.8, 4) is 0 Å². The first-order valence-electron chi connectivity index (χ1n) is 5.50. The van der Waals surface area contributed by atoms with Crippen LogP contribution in [0.5, 0.6) is 0 Å². The minimum Gasteiger partial charge on any atom is -0.398 e. The number of nitrogens with one attached hydrogen (secondary N) is 1. The molecule has 18 heavy (non-hydrogen) atoms. The number of carbonyl (C=O) groups excluding carboxylic acids is 1. The number of hydrogen-bond donors (Lipinski definition) is 2. The molecule has 1 aromatic carbocycles. The predicted octanol–water partition coefficient (Wildman–Crippen LogP) is 2.40. The van der Waals surface area contributed by atoms with Crippen LogP contribution in [0.3, 0.4) is 0 Å². The summed E-state index contributed by atoms with van der Waals surface area (Å²) in [4.78, 5) is 11.8. The van der Waals surface area contributed by atoms with Crippen LogP contribution < -0.4 is 11.1 Å². The number of aryl methyl sites for hydroxylation is 1. The van der Waals surface area contributed by atoms with E-state index in [9.17, 15) is 18.0 Å². The molecule has 1 saturated carbocycles. The summed E-state index contributed by atoms with van der Waals surface area (Å²) in [5, 5.41) is 2.05. The maximum absolute atomic E-state index is 12.7. The van der Waals surface area contributed by atoms with Crippen molar-refractivity contribution in [3.63, 3.8) is 0 Å². The molecule has 0 heterocycles. The van der Waals surface area contributed by atoms with E-state index >= 15 is 0 Å². The van der Waals surface area contributed by atoms with Gasteiger partial charge in [-0.05, 0) is 31.9 Å². The van der Waals surface area contributed by atoms with Crippen LogP contribution in [0.15, 0.2) is 18.2 Å². The highest BCUT2D eigenvalue weighted by Crippen LogP contribution is 2.49. The summed E-state index contributed by atoms with van der Waals surface area (Å²) >= 11 is 0. The van der Waals surface area contributed by atoms with Crippen molar-refractivity contribution in [2.45, 2.75) is 31.5 Å². The van der Waals surface area contributed by atoms with Gasteiger partial charge in [0.1, 0.15) is 5.54 Å². The highest BCUT2D eigenvalue weighted by Gasteiger charge is 2.64. The van der Waals surface area contributed by atoms with Crippen LogP contribution in [0.2, 0.25) is 0 Å². The first kappa shape index (κ1) is 12.7. The molecule has 0 saturated heterocycles.